The van der Waals surface area contributed by atoms with E-state index in [0.29, 0.717) is 13.0 Å². The number of unbranched alkanes of at least 4 members (excludes halogenated alkanes) is 5. The van der Waals surface area contributed by atoms with E-state index in [1.165, 1.54) is 18.6 Å². The fraction of sp³-hybridized carbons (Fsp3) is 0.667. The summed E-state index contributed by atoms with van der Waals surface area (Å²) in [6.45, 7) is 4.51. The van der Waals surface area contributed by atoms with Gasteiger partial charge in [0.2, 0.25) is 0 Å². The zero-order valence-corrected chi connectivity index (χ0v) is 13.6. The van der Waals surface area contributed by atoms with Crippen LogP contribution in [0.3, 0.4) is 0 Å². The van der Waals surface area contributed by atoms with Crippen LogP contribution in [0.1, 0.15) is 69.9 Å². The highest BCUT2D eigenvalue weighted by molar-refractivity contribution is 5.39. The maximum absolute atomic E-state index is 13.1. The third kappa shape index (κ3) is 6.71. The van der Waals surface area contributed by atoms with Crippen LogP contribution in [-0.2, 0) is 12.6 Å². The van der Waals surface area contributed by atoms with Crippen LogP contribution in [0.2, 0.25) is 0 Å². The fourth-order valence-corrected chi connectivity index (χ4v) is 2.35. The zero-order valence-electron chi connectivity index (χ0n) is 13.6. The Bertz CT molecular complexity index is 427. The number of benzene rings is 1. The molecule has 0 amide bonds. The fourth-order valence-electron chi connectivity index (χ4n) is 2.35. The molecule has 0 aliphatic heterocycles. The molecule has 1 rings (SSSR count). The minimum atomic E-state index is -4.36. The van der Waals surface area contributed by atoms with E-state index in [9.17, 15) is 13.2 Å². The maximum Gasteiger partial charge on any atom is 0.419 e. The summed E-state index contributed by atoms with van der Waals surface area (Å²) in [5, 5.41) is 0. The summed E-state index contributed by atoms with van der Waals surface area (Å²) >= 11 is 0. The molecule has 0 spiro atoms. The lowest BCUT2D eigenvalue weighted by molar-refractivity contribution is -0.139. The molecule has 0 atom stereocenters. The van der Waals surface area contributed by atoms with Crippen molar-refractivity contribution in [1.29, 1.82) is 0 Å². The number of aryl methyl sites for hydroxylation is 1. The summed E-state index contributed by atoms with van der Waals surface area (Å²) in [4.78, 5) is 0. The summed E-state index contributed by atoms with van der Waals surface area (Å²) in [6.07, 6.45) is 3.42. The first-order valence-corrected chi connectivity index (χ1v) is 8.32. The van der Waals surface area contributed by atoms with Gasteiger partial charge in [-0.1, -0.05) is 52.0 Å². The average Bonchev–Trinajstić information content (AvgIpc) is 2.48. The molecule has 1 aromatic carbocycles. The number of alkyl halides is 3. The Hall–Kier alpha value is -1.19. The molecule has 126 valence electrons. The highest BCUT2D eigenvalue weighted by atomic mass is 19.4. The van der Waals surface area contributed by atoms with E-state index in [-0.39, 0.29) is 5.75 Å². The van der Waals surface area contributed by atoms with Crippen LogP contribution >= 0.6 is 0 Å². The normalized spacial score (nSPS) is 11.7. The molecule has 0 radical (unpaired) electrons. The summed E-state index contributed by atoms with van der Waals surface area (Å²) < 4.78 is 44.8. The molecule has 0 saturated carbocycles. The highest BCUT2D eigenvalue weighted by Crippen LogP contribution is 2.37. The molecule has 0 fully saturated rings. The van der Waals surface area contributed by atoms with Gasteiger partial charge in [-0.25, -0.2) is 0 Å². The van der Waals surface area contributed by atoms with Gasteiger partial charge in [0, 0.05) is 0 Å². The van der Waals surface area contributed by atoms with Gasteiger partial charge in [-0.15, -0.1) is 0 Å². The van der Waals surface area contributed by atoms with Crippen LogP contribution in [0.15, 0.2) is 18.2 Å². The van der Waals surface area contributed by atoms with Crippen molar-refractivity contribution in [2.45, 2.75) is 71.4 Å². The molecule has 0 aliphatic carbocycles. The van der Waals surface area contributed by atoms with Crippen LogP contribution < -0.4 is 4.74 Å². The van der Waals surface area contributed by atoms with Crippen molar-refractivity contribution >= 4 is 0 Å². The largest absolute Gasteiger partial charge is 0.493 e. The van der Waals surface area contributed by atoms with E-state index in [2.05, 4.69) is 6.92 Å². The number of rotatable bonds is 10. The van der Waals surface area contributed by atoms with Crippen LogP contribution in [0.25, 0.3) is 0 Å². The first-order chi connectivity index (χ1) is 10.5. The summed E-state index contributed by atoms with van der Waals surface area (Å²) in [5.74, 6) is -0.0387. The van der Waals surface area contributed by atoms with Crippen molar-refractivity contribution in [1.82, 2.24) is 0 Å². The third-order valence-corrected chi connectivity index (χ3v) is 3.67. The SMILES string of the molecule is CCCCCCCOc1ccc(CCCC)cc1C(F)(F)F. The third-order valence-electron chi connectivity index (χ3n) is 3.67. The second-order valence-corrected chi connectivity index (χ2v) is 5.69. The monoisotopic (exact) mass is 316 g/mol. The van der Waals surface area contributed by atoms with Gasteiger partial charge in [0.1, 0.15) is 5.75 Å². The molecule has 22 heavy (non-hydrogen) atoms. The van der Waals surface area contributed by atoms with Gasteiger partial charge in [-0.3, -0.25) is 0 Å². The molecule has 0 saturated heterocycles. The smallest absolute Gasteiger partial charge is 0.419 e. The Kier molecular flexibility index (Phi) is 8.36. The van der Waals surface area contributed by atoms with Crippen molar-refractivity contribution in [3.05, 3.63) is 29.3 Å². The first kappa shape index (κ1) is 18.9. The molecular weight excluding hydrogens is 289 g/mol. The lowest BCUT2D eigenvalue weighted by atomic mass is 10.0. The molecule has 1 aromatic rings. The zero-order chi connectivity index (χ0) is 16.4. The van der Waals surface area contributed by atoms with E-state index in [1.807, 2.05) is 6.92 Å². The van der Waals surface area contributed by atoms with Crippen LogP contribution in [0.4, 0.5) is 13.2 Å². The second kappa shape index (κ2) is 9.75. The number of ether oxygens (including phenoxy) is 1. The van der Waals surface area contributed by atoms with E-state index in [4.69, 9.17) is 4.74 Å². The predicted octanol–water partition coefficient (Wildman–Crippen LogP) is 6.40. The lowest BCUT2D eigenvalue weighted by Gasteiger charge is -2.15. The summed E-state index contributed by atoms with van der Waals surface area (Å²) in [7, 11) is 0. The number of halogens is 3. The van der Waals surface area contributed by atoms with Gasteiger partial charge in [0.05, 0.1) is 12.2 Å². The molecule has 0 heterocycles. The predicted molar refractivity (Wildman–Crippen MR) is 84.3 cm³/mol. The van der Waals surface area contributed by atoms with Crippen LogP contribution in [-0.4, -0.2) is 6.61 Å². The van der Waals surface area contributed by atoms with Gasteiger partial charge in [0.15, 0.2) is 0 Å². The minimum absolute atomic E-state index is 0.0387. The summed E-state index contributed by atoms with van der Waals surface area (Å²) in [5.41, 5.74) is 0.0825. The topological polar surface area (TPSA) is 9.23 Å². The van der Waals surface area contributed by atoms with Crippen molar-refractivity contribution < 1.29 is 17.9 Å². The Morgan fingerprint density at radius 1 is 0.909 bits per heavy atom. The standard InChI is InChI=1S/C18H27F3O/c1-3-5-7-8-9-13-22-17-12-11-15(10-6-4-2)14-16(17)18(19,20)21/h11-12,14H,3-10,13H2,1-2H3. The number of hydrogen-bond acceptors (Lipinski definition) is 1. The molecule has 1 nitrogen and oxygen atoms in total. The van der Waals surface area contributed by atoms with E-state index in [1.54, 1.807) is 6.07 Å². The quantitative estimate of drug-likeness (QED) is 0.454. The summed E-state index contributed by atoms with van der Waals surface area (Å²) in [6, 6.07) is 4.46. The Morgan fingerprint density at radius 3 is 2.23 bits per heavy atom. The van der Waals surface area contributed by atoms with Gasteiger partial charge < -0.3 is 4.74 Å². The van der Waals surface area contributed by atoms with E-state index < -0.39 is 11.7 Å². The van der Waals surface area contributed by atoms with Crippen molar-refractivity contribution in [2.24, 2.45) is 0 Å². The van der Waals surface area contributed by atoms with Crippen molar-refractivity contribution in [2.75, 3.05) is 6.61 Å². The van der Waals surface area contributed by atoms with Crippen molar-refractivity contribution in [3.8, 4) is 5.75 Å². The van der Waals surface area contributed by atoms with Gasteiger partial charge in [-0.05, 0) is 37.0 Å². The van der Waals surface area contributed by atoms with Gasteiger partial charge in [0.25, 0.3) is 0 Å². The van der Waals surface area contributed by atoms with Crippen LogP contribution in [0, 0.1) is 0 Å². The molecule has 4 heteroatoms. The Morgan fingerprint density at radius 2 is 1.59 bits per heavy atom. The van der Waals surface area contributed by atoms with E-state index in [0.717, 1.165) is 44.1 Å². The van der Waals surface area contributed by atoms with E-state index >= 15 is 0 Å². The molecular formula is C18H27F3O. The molecule has 0 aromatic heterocycles. The lowest BCUT2D eigenvalue weighted by Crippen LogP contribution is -2.10. The Balaban J connectivity index is 2.64. The molecule has 0 aliphatic rings. The average molecular weight is 316 g/mol. The number of hydrogen-bond donors (Lipinski definition) is 0. The maximum atomic E-state index is 13.1. The molecule has 0 bridgehead atoms. The minimum Gasteiger partial charge on any atom is -0.493 e. The first-order valence-electron chi connectivity index (χ1n) is 8.32. The van der Waals surface area contributed by atoms with Crippen LogP contribution in [0.5, 0.6) is 5.75 Å². The second-order valence-electron chi connectivity index (χ2n) is 5.69. The van der Waals surface area contributed by atoms with Crippen molar-refractivity contribution in [3.63, 3.8) is 0 Å². The molecule has 0 N–H and O–H groups in total. The molecule has 0 unspecified atom stereocenters. The Labute approximate surface area is 131 Å². The van der Waals surface area contributed by atoms with Gasteiger partial charge >= 0.3 is 6.18 Å². The highest BCUT2D eigenvalue weighted by Gasteiger charge is 2.34. The van der Waals surface area contributed by atoms with Gasteiger partial charge in [-0.2, -0.15) is 13.2 Å².